The van der Waals surface area contributed by atoms with Crippen LogP contribution in [0.1, 0.15) is 37.5 Å². The molecular formula is C24H30Cl2N2O3. The van der Waals surface area contributed by atoms with Gasteiger partial charge in [-0.3, -0.25) is 9.59 Å². The van der Waals surface area contributed by atoms with Crippen LogP contribution in [0, 0.1) is 19.8 Å². The third-order valence-corrected chi connectivity index (χ3v) is 5.48. The Hall–Kier alpha value is -2.24. The second kappa shape index (κ2) is 11.4. The summed E-state index contributed by atoms with van der Waals surface area (Å²) in [6.45, 7) is 10.2. The monoisotopic (exact) mass is 464 g/mol. The molecule has 1 N–H and O–H groups in total. The fourth-order valence-corrected chi connectivity index (χ4v) is 3.52. The molecule has 7 heteroatoms. The van der Waals surface area contributed by atoms with E-state index in [-0.39, 0.29) is 25.0 Å². The lowest BCUT2D eigenvalue weighted by atomic mass is 10.1. The molecule has 0 aliphatic carbocycles. The van der Waals surface area contributed by atoms with Gasteiger partial charge in [0.1, 0.15) is 11.8 Å². The maximum Gasteiger partial charge on any atom is 0.261 e. The molecule has 0 heterocycles. The zero-order valence-electron chi connectivity index (χ0n) is 18.7. The molecule has 0 unspecified atom stereocenters. The Balaban J connectivity index is 2.20. The number of hydrogen-bond donors (Lipinski definition) is 1. The van der Waals surface area contributed by atoms with Gasteiger partial charge in [-0.2, -0.15) is 0 Å². The number of amides is 2. The van der Waals surface area contributed by atoms with E-state index in [1.807, 2.05) is 45.9 Å². The van der Waals surface area contributed by atoms with Gasteiger partial charge < -0.3 is 15.0 Å². The summed E-state index contributed by atoms with van der Waals surface area (Å²) >= 11 is 12.3. The Labute approximate surface area is 194 Å². The van der Waals surface area contributed by atoms with Gasteiger partial charge in [-0.05, 0) is 56.0 Å². The average Bonchev–Trinajstić information content (AvgIpc) is 2.70. The number of carbonyl (C=O) groups excluding carboxylic acids is 2. The summed E-state index contributed by atoms with van der Waals surface area (Å²) < 4.78 is 5.77. The molecule has 0 saturated heterocycles. The molecule has 0 radical (unpaired) electrons. The van der Waals surface area contributed by atoms with Crippen molar-refractivity contribution in [1.82, 2.24) is 10.2 Å². The summed E-state index contributed by atoms with van der Waals surface area (Å²) in [6, 6.07) is 10.2. The molecule has 31 heavy (non-hydrogen) atoms. The van der Waals surface area contributed by atoms with E-state index in [2.05, 4.69) is 5.32 Å². The van der Waals surface area contributed by atoms with Crippen LogP contribution in [0.3, 0.4) is 0 Å². The molecule has 0 spiro atoms. The molecule has 2 amide bonds. The van der Waals surface area contributed by atoms with Gasteiger partial charge in [0, 0.05) is 23.1 Å². The highest BCUT2D eigenvalue weighted by Crippen LogP contribution is 2.24. The minimum atomic E-state index is -0.694. The number of rotatable bonds is 9. The van der Waals surface area contributed by atoms with Gasteiger partial charge in [-0.15, -0.1) is 0 Å². The number of halogens is 2. The number of nitrogens with zero attached hydrogens (tertiary/aromatic N) is 1. The Morgan fingerprint density at radius 1 is 1.06 bits per heavy atom. The van der Waals surface area contributed by atoms with Gasteiger partial charge in [0.2, 0.25) is 5.91 Å². The van der Waals surface area contributed by atoms with Crippen molar-refractivity contribution >= 4 is 35.0 Å². The molecule has 2 aromatic rings. The Morgan fingerprint density at radius 2 is 1.77 bits per heavy atom. The van der Waals surface area contributed by atoms with Gasteiger partial charge in [0.25, 0.3) is 5.91 Å². The molecule has 0 aromatic heterocycles. The van der Waals surface area contributed by atoms with E-state index in [4.69, 9.17) is 27.9 Å². The van der Waals surface area contributed by atoms with E-state index in [0.717, 1.165) is 11.1 Å². The normalized spacial score (nSPS) is 11.9. The standard InChI is InChI=1S/C24H30Cl2N2O3/c1-15(2)12-27-24(30)18(5)28(13-19-7-8-20(25)11-21(19)26)23(29)14-31-22-9-6-16(3)10-17(22)4/h6-11,15,18H,12-14H2,1-5H3,(H,27,30)/t18-/m0/s1. The van der Waals surface area contributed by atoms with Crippen molar-refractivity contribution in [3.05, 3.63) is 63.1 Å². The summed E-state index contributed by atoms with van der Waals surface area (Å²) in [7, 11) is 0. The summed E-state index contributed by atoms with van der Waals surface area (Å²) in [5.41, 5.74) is 2.77. The van der Waals surface area contributed by atoms with Crippen molar-refractivity contribution in [1.29, 1.82) is 0 Å². The van der Waals surface area contributed by atoms with Crippen LogP contribution in [-0.2, 0) is 16.1 Å². The molecule has 5 nitrogen and oxygen atoms in total. The van der Waals surface area contributed by atoms with Crippen LogP contribution in [0.4, 0.5) is 0 Å². The molecule has 0 saturated carbocycles. The van der Waals surface area contributed by atoms with Gasteiger partial charge in [-0.25, -0.2) is 0 Å². The Bertz CT molecular complexity index is 931. The minimum absolute atomic E-state index is 0.168. The van der Waals surface area contributed by atoms with Crippen LogP contribution in [0.2, 0.25) is 10.0 Å². The second-order valence-corrected chi connectivity index (χ2v) is 8.97. The third kappa shape index (κ3) is 7.44. The second-order valence-electron chi connectivity index (χ2n) is 8.13. The van der Waals surface area contributed by atoms with E-state index >= 15 is 0 Å². The first-order valence-electron chi connectivity index (χ1n) is 10.3. The molecule has 0 aliphatic rings. The molecule has 2 rings (SSSR count). The zero-order valence-corrected chi connectivity index (χ0v) is 20.2. The predicted molar refractivity (Wildman–Crippen MR) is 126 cm³/mol. The Kier molecular flexibility index (Phi) is 9.20. The fraction of sp³-hybridized carbons (Fsp3) is 0.417. The number of benzene rings is 2. The quantitative estimate of drug-likeness (QED) is 0.555. The lowest BCUT2D eigenvalue weighted by Gasteiger charge is -2.29. The Morgan fingerprint density at radius 3 is 2.39 bits per heavy atom. The van der Waals surface area contributed by atoms with Crippen molar-refractivity contribution < 1.29 is 14.3 Å². The summed E-state index contributed by atoms with van der Waals surface area (Å²) in [5, 5.41) is 3.84. The largest absolute Gasteiger partial charge is 0.483 e. The predicted octanol–water partition coefficient (Wildman–Crippen LogP) is 5.18. The highest BCUT2D eigenvalue weighted by Gasteiger charge is 2.27. The lowest BCUT2D eigenvalue weighted by Crippen LogP contribution is -2.49. The molecular weight excluding hydrogens is 435 g/mol. The van der Waals surface area contributed by atoms with Crippen molar-refractivity contribution in [3.8, 4) is 5.75 Å². The smallest absolute Gasteiger partial charge is 0.261 e. The van der Waals surface area contributed by atoms with Gasteiger partial charge in [-0.1, -0.05) is 60.8 Å². The van der Waals surface area contributed by atoms with Crippen LogP contribution >= 0.6 is 23.2 Å². The highest BCUT2D eigenvalue weighted by atomic mass is 35.5. The summed E-state index contributed by atoms with van der Waals surface area (Å²) in [6.07, 6.45) is 0. The maximum absolute atomic E-state index is 13.1. The number of aryl methyl sites for hydroxylation is 2. The minimum Gasteiger partial charge on any atom is -0.483 e. The van der Waals surface area contributed by atoms with Crippen LogP contribution in [-0.4, -0.2) is 35.9 Å². The van der Waals surface area contributed by atoms with Crippen molar-refractivity contribution in [3.63, 3.8) is 0 Å². The van der Waals surface area contributed by atoms with Crippen molar-refractivity contribution in [2.45, 2.75) is 47.2 Å². The van der Waals surface area contributed by atoms with Gasteiger partial charge in [0.15, 0.2) is 6.61 Å². The first kappa shape index (κ1) is 25.0. The van der Waals surface area contributed by atoms with Crippen LogP contribution in [0.25, 0.3) is 0 Å². The van der Waals surface area contributed by atoms with Crippen LogP contribution in [0.15, 0.2) is 36.4 Å². The maximum atomic E-state index is 13.1. The first-order chi connectivity index (χ1) is 14.6. The highest BCUT2D eigenvalue weighted by molar-refractivity contribution is 6.35. The average molecular weight is 465 g/mol. The van der Waals surface area contributed by atoms with E-state index in [0.29, 0.717) is 33.8 Å². The third-order valence-electron chi connectivity index (χ3n) is 4.89. The lowest BCUT2D eigenvalue weighted by molar-refractivity contribution is -0.142. The summed E-state index contributed by atoms with van der Waals surface area (Å²) in [4.78, 5) is 27.3. The molecule has 0 bridgehead atoms. The number of ether oxygens (including phenoxy) is 1. The van der Waals surface area contributed by atoms with Crippen LogP contribution in [0.5, 0.6) is 5.75 Å². The summed E-state index contributed by atoms with van der Waals surface area (Å²) in [5.74, 6) is 0.413. The van der Waals surface area contributed by atoms with Gasteiger partial charge >= 0.3 is 0 Å². The fourth-order valence-electron chi connectivity index (χ4n) is 3.05. The molecule has 0 aliphatic heterocycles. The van der Waals surface area contributed by atoms with E-state index in [9.17, 15) is 9.59 Å². The van der Waals surface area contributed by atoms with E-state index < -0.39 is 6.04 Å². The number of hydrogen-bond acceptors (Lipinski definition) is 3. The zero-order chi connectivity index (χ0) is 23.1. The SMILES string of the molecule is Cc1ccc(OCC(=O)N(Cc2ccc(Cl)cc2Cl)[C@@H](C)C(=O)NCC(C)C)c(C)c1. The molecule has 1 atom stereocenters. The van der Waals surface area contributed by atoms with Crippen molar-refractivity contribution in [2.24, 2.45) is 5.92 Å². The first-order valence-corrected chi connectivity index (χ1v) is 11.0. The molecule has 0 fully saturated rings. The van der Waals surface area contributed by atoms with Crippen LogP contribution < -0.4 is 10.1 Å². The number of carbonyl (C=O) groups is 2. The number of nitrogens with one attached hydrogen (secondary N) is 1. The molecule has 2 aromatic carbocycles. The van der Waals surface area contributed by atoms with E-state index in [1.54, 1.807) is 25.1 Å². The topological polar surface area (TPSA) is 58.6 Å². The van der Waals surface area contributed by atoms with E-state index in [1.165, 1.54) is 4.90 Å². The van der Waals surface area contributed by atoms with Gasteiger partial charge in [0.05, 0.1) is 0 Å². The van der Waals surface area contributed by atoms with Crippen molar-refractivity contribution in [2.75, 3.05) is 13.2 Å². The molecule has 168 valence electrons.